The Morgan fingerprint density at radius 2 is 1.97 bits per heavy atom. The van der Waals surface area contributed by atoms with Crippen LogP contribution in [-0.2, 0) is 14.3 Å². The van der Waals surface area contributed by atoms with E-state index in [1.165, 1.54) is 0 Å². The highest BCUT2D eigenvalue weighted by atomic mass is 32.1. The van der Waals surface area contributed by atoms with E-state index >= 15 is 0 Å². The number of esters is 1. The lowest BCUT2D eigenvalue weighted by Gasteiger charge is -2.24. The van der Waals surface area contributed by atoms with E-state index in [9.17, 15) is 14.4 Å². The second-order valence-electron chi connectivity index (χ2n) is 7.65. The molecule has 1 heterocycles. The maximum absolute atomic E-state index is 13.2. The van der Waals surface area contributed by atoms with E-state index in [-0.39, 0.29) is 48.5 Å². The van der Waals surface area contributed by atoms with Gasteiger partial charge in [0.15, 0.2) is 5.96 Å². The van der Waals surface area contributed by atoms with Crippen LogP contribution >= 0.6 is 11.3 Å². The van der Waals surface area contributed by atoms with Crippen LogP contribution in [0.25, 0.3) is 0 Å². The van der Waals surface area contributed by atoms with Gasteiger partial charge < -0.3 is 26.4 Å². The average Bonchev–Trinajstić information content (AvgIpc) is 3.54. The fourth-order valence-corrected chi connectivity index (χ4v) is 4.26. The van der Waals surface area contributed by atoms with Gasteiger partial charge in [-0.3, -0.25) is 14.4 Å². The first kappa shape index (κ1) is 24.2. The summed E-state index contributed by atoms with van der Waals surface area (Å²) >= 11 is 1.08. The molecule has 5 N–H and O–H groups in total. The molecule has 1 aliphatic carbocycles. The second kappa shape index (κ2) is 10.9. The molecule has 33 heavy (non-hydrogen) atoms. The highest BCUT2D eigenvalue weighted by Crippen LogP contribution is 2.32. The summed E-state index contributed by atoms with van der Waals surface area (Å²) < 4.78 is 5.05. The quantitative estimate of drug-likeness (QED) is 0.271. The number of aliphatic imine (C=N–C) groups is 1. The van der Waals surface area contributed by atoms with Crippen molar-refractivity contribution in [3.05, 3.63) is 46.5 Å². The molecule has 1 aliphatic rings. The number of hydrogen-bond donors (Lipinski definition) is 3. The van der Waals surface area contributed by atoms with Crippen molar-refractivity contribution in [3.63, 3.8) is 0 Å². The smallest absolute Gasteiger partial charge is 0.308 e. The van der Waals surface area contributed by atoms with Crippen LogP contribution in [0, 0.1) is 6.92 Å². The van der Waals surface area contributed by atoms with Crippen molar-refractivity contribution < 1.29 is 19.1 Å². The second-order valence-corrected chi connectivity index (χ2v) is 8.63. The normalized spacial score (nSPS) is 13.6. The zero-order chi connectivity index (χ0) is 24.0. The van der Waals surface area contributed by atoms with Gasteiger partial charge in [-0.05, 0) is 32.3 Å². The van der Waals surface area contributed by atoms with Crippen molar-refractivity contribution in [3.8, 4) is 0 Å². The minimum atomic E-state index is -0.562. The van der Waals surface area contributed by atoms with Crippen LogP contribution in [0.5, 0.6) is 0 Å². The highest BCUT2D eigenvalue weighted by Gasteiger charge is 2.36. The van der Waals surface area contributed by atoms with Crippen molar-refractivity contribution in [2.24, 2.45) is 16.5 Å². The van der Waals surface area contributed by atoms with Crippen LogP contribution in [-0.4, -0.2) is 52.8 Å². The molecule has 1 aromatic carbocycles. The summed E-state index contributed by atoms with van der Waals surface area (Å²) in [5, 5.41) is 3.17. The van der Waals surface area contributed by atoms with Crippen LogP contribution in [0.15, 0.2) is 35.3 Å². The molecular weight excluding hydrogens is 444 g/mol. The number of carbonyl (C=O) groups excluding carboxylic acids is 3. The molecule has 0 aliphatic heterocycles. The monoisotopic (exact) mass is 472 g/mol. The molecule has 0 spiro atoms. The van der Waals surface area contributed by atoms with Gasteiger partial charge in [0.2, 0.25) is 11.0 Å². The zero-order valence-corrected chi connectivity index (χ0v) is 19.4. The van der Waals surface area contributed by atoms with Crippen molar-refractivity contribution in [1.82, 2.24) is 15.2 Å². The van der Waals surface area contributed by atoms with E-state index in [1.807, 2.05) is 30.3 Å². The number of aromatic nitrogens is 1. The Kier molecular flexibility index (Phi) is 7.99. The fourth-order valence-electron chi connectivity index (χ4n) is 3.34. The number of hydrogen-bond acceptors (Lipinski definition) is 7. The largest absolute Gasteiger partial charge is 0.466 e. The van der Waals surface area contributed by atoms with E-state index in [0.29, 0.717) is 10.6 Å². The summed E-state index contributed by atoms with van der Waals surface area (Å²) in [5.41, 5.74) is 12.1. The molecule has 1 aromatic heterocycles. The Balaban J connectivity index is 1.74. The van der Waals surface area contributed by atoms with Gasteiger partial charge in [-0.25, -0.2) is 4.98 Å². The van der Waals surface area contributed by atoms with Gasteiger partial charge in [-0.2, -0.15) is 4.99 Å². The molecule has 3 rings (SSSR count). The van der Waals surface area contributed by atoms with E-state index in [4.69, 9.17) is 16.2 Å². The first-order valence-corrected chi connectivity index (χ1v) is 11.5. The van der Waals surface area contributed by atoms with Crippen molar-refractivity contribution in [2.45, 2.75) is 45.2 Å². The number of carbonyl (C=O) groups is 3. The van der Waals surface area contributed by atoms with Crippen molar-refractivity contribution >= 4 is 40.2 Å². The number of ether oxygens (including phenoxy) is 1. The molecule has 1 fully saturated rings. The molecule has 0 saturated heterocycles. The summed E-state index contributed by atoms with van der Waals surface area (Å²) in [6.07, 6.45) is 1.64. The third kappa shape index (κ3) is 6.75. The lowest BCUT2D eigenvalue weighted by Crippen LogP contribution is -2.43. The summed E-state index contributed by atoms with van der Waals surface area (Å²) in [6, 6.07) is 8.61. The van der Waals surface area contributed by atoms with Crippen LogP contribution in [0.3, 0.4) is 0 Å². The molecule has 2 aromatic rings. The number of rotatable bonds is 10. The minimum Gasteiger partial charge on any atom is -0.466 e. The Labute approximate surface area is 196 Å². The van der Waals surface area contributed by atoms with Crippen LogP contribution < -0.4 is 16.8 Å². The van der Waals surface area contributed by atoms with Gasteiger partial charge in [0.1, 0.15) is 11.4 Å². The van der Waals surface area contributed by atoms with Crippen LogP contribution in [0.2, 0.25) is 0 Å². The first-order valence-electron chi connectivity index (χ1n) is 10.7. The van der Waals surface area contributed by atoms with Crippen molar-refractivity contribution in [2.75, 3.05) is 13.2 Å². The zero-order valence-electron chi connectivity index (χ0n) is 18.6. The molecule has 176 valence electrons. The fraction of sp³-hybridized carbons (Fsp3) is 0.409. The van der Waals surface area contributed by atoms with Gasteiger partial charge in [0.05, 0.1) is 24.8 Å². The number of nitrogens with two attached hydrogens (primary N) is 2. The predicted molar refractivity (Wildman–Crippen MR) is 125 cm³/mol. The van der Waals surface area contributed by atoms with Gasteiger partial charge in [0.25, 0.3) is 5.91 Å². The predicted octanol–water partition coefficient (Wildman–Crippen LogP) is 1.77. The third-order valence-corrected chi connectivity index (χ3v) is 6.02. The molecule has 1 atom stereocenters. The molecule has 10 nitrogen and oxygen atoms in total. The van der Waals surface area contributed by atoms with E-state index in [0.717, 1.165) is 29.7 Å². The maximum Gasteiger partial charge on any atom is 0.308 e. The highest BCUT2D eigenvalue weighted by molar-refractivity contribution is 7.17. The number of nitrogens with zero attached hydrogens (tertiary/aromatic N) is 3. The summed E-state index contributed by atoms with van der Waals surface area (Å²) in [7, 11) is 0. The van der Waals surface area contributed by atoms with E-state index < -0.39 is 12.0 Å². The minimum absolute atomic E-state index is 0.00318. The average molecular weight is 473 g/mol. The Hall–Kier alpha value is -3.47. The SMILES string of the molecule is CCOC(=O)CC(NC(=O)CN(C(=O)c1sc(N=C(N)N)nc1C)C1CC1)c1ccccc1. The summed E-state index contributed by atoms with van der Waals surface area (Å²) in [6.45, 7) is 3.55. The number of amides is 2. The topological polar surface area (TPSA) is 153 Å². The Bertz CT molecular complexity index is 1030. The lowest BCUT2D eigenvalue weighted by atomic mass is 10.0. The molecule has 1 saturated carbocycles. The van der Waals surface area contributed by atoms with Crippen LogP contribution in [0.1, 0.15) is 53.2 Å². The van der Waals surface area contributed by atoms with Gasteiger partial charge in [0, 0.05) is 6.04 Å². The number of aryl methyl sites for hydroxylation is 1. The molecule has 0 radical (unpaired) electrons. The van der Waals surface area contributed by atoms with E-state index in [2.05, 4.69) is 15.3 Å². The molecule has 1 unspecified atom stereocenters. The third-order valence-electron chi connectivity index (χ3n) is 4.98. The Morgan fingerprint density at radius 1 is 1.27 bits per heavy atom. The number of nitrogens with one attached hydrogen (secondary N) is 1. The summed E-state index contributed by atoms with van der Waals surface area (Å²) in [4.78, 5) is 48.3. The van der Waals surface area contributed by atoms with Crippen LogP contribution in [0.4, 0.5) is 5.13 Å². The molecular formula is C22H28N6O4S. The number of benzene rings is 1. The number of thiazole rings is 1. The Morgan fingerprint density at radius 3 is 2.58 bits per heavy atom. The molecule has 2 amide bonds. The van der Waals surface area contributed by atoms with Crippen molar-refractivity contribution in [1.29, 1.82) is 0 Å². The van der Waals surface area contributed by atoms with Gasteiger partial charge in [-0.15, -0.1) is 0 Å². The standard InChI is InChI=1S/C22H28N6O4S/c1-3-32-18(30)11-16(14-7-5-4-6-8-14)26-17(29)12-28(15-9-10-15)20(31)19-13(2)25-22(33-19)27-21(23)24/h4-8,15-16H,3,9-12H2,1-2H3,(H,26,29)(H4,23,24,25,27). The maximum atomic E-state index is 13.2. The van der Waals surface area contributed by atoms with E-state index in [1.54, 1.807) is 18.7 Å². The first-order chi connectivity index (χ1) is 15.8. The lowest BCUT2D eigenvalue weighted by molar-refractivity contribution is -0.143. The molecule has 0 bridgehead atoms. The van der Waals surface area contributed by atoms with Gasteiger partial charge >= 0.3 is 5.97 Å². The number of guanidine groups is 1. The van der Waals surface area contributed by atoms with Gasteiger partial charge in [-0.1, -0.05) is 41.7 Å². The molecule has 11 heteroatoms. The summed E-state index contributed by atoms with van der Waals surface area (Å²) in [5.74, 6) is -1.20.